The van der Waals surface area contributed by atoms with Gasteiger partial charge < -0.3 is 5.32 Å². The van der Waals surface area contributed by atoms with Gasteiger partial charge in [0.15, 0.2) is 9.84 Å². The first-order valence-corrected chi connectivity index (χ1v) is 8.69. The molecule has 6 nitrogen and oxygen atoms in total. The Morgan fingerprint density at radius 1 is 1.55 bits per heavy atom. The summed E-state index contributed by atoms with van der Waals surface area (Å²) < 4.78 is 26.0. The van der Waals surface area contributed by atoms with Gasteiger partial charge in [-0.05, 0) is 19.8 Å². The first-order valence-electron chi connectivity index (χ1n) is 6.63. The fraction of sp³-hybridized carbons (Fsp3) is 0.667. The summed E-state index contributed by atoms with van der Waals surface area (Å²) in [6.07, 6.45) is 6.10. The summed E-state index contributed by atoms with van der Waals surface area (Å²) in [6, 6.07) is 0. The van der Waals surface area contributed by atoms with Gasteiger partial charge in [0.2, 0.25) is 5.91 Å². The van der Waals surface area contributed by atoms with Crippen LogP contribution in [0.4, 0.5) is 0 Å². The predicted octanol–water partition coefficient (Wildman–Crippen LogP) is 0.991. The van der Waals surface area contributed by atoms with Gasteiger partial charge in [-0.15, -0.1) is 0 Å². The van der Waals surface area contributed by atoms with Crippen molar-refractivity contribution >= 4 is 28.4 Å². The number of hydrogen-bond acceptors (Lipinski definition) is 5. The third kappa shape index (κ3) is 3.54. The fourth-order valence-electron chi connectivity index (χ4n) is 2.39. The minimum atomic E-state index is -3.31. The van der Waals surface area contributed by atoms with Crippen LogP contribution in [0, 0.1) is 0 Å². The second kappa shape index (κ2) is 6.17. The molecule has 1 aliphatic carbocycles. The van der Waals surface area contributed by atoms with Gasteiger partial charge >= 0.3 is 0 Å². The zero-order valence-electron chi connectivity index (χ0n) is 11.3. The van der Waals surface area contributed by atoms with Gasteiger partial charge in [0.1, 0.15) is 11.4 Å². The predicted molar refractivity (Wildman–Crippen MR) is 78.3 cm³/mol. The summed E-state index contributed by atoms with van der Waals surface area (Å²) in [5, 5.41) is 6.01. The summed E-state index contributed by atoms with van der Waals surface area (Å²) >= 11 is 4.06. The maximum Gasteiger partial charge on any atom is 0.242 e. The van der Waals surface area contributed by atoms with Gasteiger partial charge in [0, 0.05) is 6.20 Å². The molecule has 1 aromatic rings. The smallest absolute Gasteiger partial charge is 0.242 e. The third-order valence-corrected chi connectivity index (χ3v) is 5.70. The fourth-order valence-corrected chi connectivity index (χ4v) is 4.34. The molecule has 1 fully saturated rings. The minimum absolute atomic E-state index is 0.00884. The number of carbonyl (C=O) groups is 1. The molecule has 1 atom stereocenters. The van der Waals surface area contributed by atoms with Crippen molar-refractivity contribution in [3.05, 3.63) is 12.4 Å². The Kier molecular flexibility index (Phi) is 4.74. The van der Waals surface area contributed by atoms with Gasteiger partial charge in [-0.1, -0.05) is 12.8 Å². The summed E-state index contributed by atoms with van der Waals surface area (Å²) in [4.78, 5) is 11.8. The van der Waals surface area contributed by atoms with E-state index in [4.69, 9.17) is 0 Å². The number of hydrogen-bond donors (Lipinski definition) is 2. The first kappa shape index (κ1) is 15.4. The molecule has 0 radical (unpaired) electrons. The molecular weight excluding hydrogens is 298 g/mol. The number of carbonyl (C=O) groups excluding carboxylic acids is 1. The van der Waals surface area contributed by atoms with Crippen LogP contribution in [0.25, 0.3) is 0 Å². The van der Waals surface area contributed by atoms with E-state index in [2.05, 4.69) is 23.0 Å². The topological polar surface area (TPSA) is 81.1 Å². The lowest BCUT2D eigenvalue weighted by Gasteiger charge is -2.09. The highest BCUT2D eigenvalue weighted by Crippen LogP contribution is 2.29. The van der Waals surface area contributed by atoms with E-state index < -0.39 is 9.84 Å². The second-order valence-electron chi connectivity index (χ2n) is 5.07. The first-order chi connectivity index (χ1) is 9.39. The molecule has 8 heteroatoms. The number of rotatable bonds is 5. The van der Waals surface area contributed by atoms with Crippen LogP contribution in [0.1, 0.15) is 32.6 Å². The zero-order valence-corrected chi connectivity index (χ0v) is 13.0. The van der Waals surface area contributed by atoms with Crippen molar-refractivity contribution in [1.29, 1.82) is 0 Å². The summed E-state index contributed by atoms with van der Waals surface area (Å²) in [5.74, 6) is -0.250. The molecule has 0 bridgehead atoms. The second-order valence-corrected chi connectivity index (χ2v) is 8.07. The molecule has 20 heavy (non-hydrogen) atoms. The number of amides is 1. The highest BCUT2D eigenvalue weighted by molar-refractivity contribution is 7.92. The minimum Gasteiger partial charge on any atom is -0.343 e. The monoisotopic (exact) mass is 317 g/mol. The van der Waals surface area contributed by atoms with E-state index in [1.54, 1.807) is 6.92 Å². The van der Waals surface area contributed by atoms with Crippen molar-refractivity contribution in [1.82, 2.24) is 15.1 Å². The van der Waals surface area contributed by atoms with Crippen LogP contribution in [0.2, 0.25) is 0 Å². The van der Waals surface area contributed by atoms with Crippen molar-refractivity contribution in [2.75, 3.05) is 0 Å². The quantitative estimate of drug-likeness (QED) is 0.627. The summed E-state index contributed by atoms with van der Waals surface area (Å²) in [7, 11) is -3.31. The third-order valence-electron chi connectivity index (χ3n) is 3.35. The largest absolute Gasteiger partial charge is 0.343 e. The summed E-state index contributed by atoms with van der Waals surface area (Å²) in [5.41, 5.74) is 0. The van der Waals surface area contributed by atoms with Gasteiger partial charge in [-0.2, -0.15) is 17.7 Å². The molecular formula is C12H19N3O3S2. The standard InChI is InChI=1S/C12H19N3O3S2/c1-9(19)14-12(16)8-15-7-11(6-13-15)20(17,18)10-4-2-3-5-10/h6-7,9-10,19H,2-5,8H2,1H3,(H,14,16). The Morgan fingerprint density at radius 3 is 2.80 bits per heavy atom. The lowest BCUT2D eigenvalue weighted by Crippen LogP contribution is -2.32. The molecule has 1 saturated carbocycles. The molecule has 1 aliphatic rings. The molecule has 1 unspecified atom stereocenters. The van der Waals surface area contributed by atoms with Gasteiger partial charge in [-0.25, -0.2) is 8.42 Å². The van der Waals surface area contributed by atoms with Crippen molar-refractivity contribution in [2.45, 2.75) is 54.7 Å². The molecule has 0 aliphatic heterocycles. The highest BCUT2D eigenvalue weighted by Gasteiger charge is 2.31. The summed E-state index contributed by atoms with van der Waals surface area (Å²) in [6.45, 7) is 1.73. The highest BCUT2D eigenvalue weighted by atomic mass is 32.2. The van der Waals surface area contributed by atoms with E-state index in [1.165, 1.54) is 17.1 Å². The van der Waals surface area contributed by atoms with Gasteiger partial charge in [-0.3, -0.25) is 9.48 Å². The number of thiol groups is 1. The molecule has 1 heterocycles. The molecule has 2 rings (SSSR count). The molecule has 0 aromatic carbocycles. The van der Waals surface area contributed by atoms with Crippen LogP contribution in [0.3, 0.4) is 0 Å². The molecule has 0 saturated heterocycles. The SMILES string of the molecule is CC(S)NC(=O)Cn1cc(S(=O)(=O)C2CCCC2)cn1. The van der Waals surface area contributed by atoms with E-state index in [-0.39, 0.29) is 28.0 Å². The van der Waals surface area contributed by atoms with Crippen LogP contribution in [-0.2, 0) is 21.2 Å². The van der Waals surface area contributed by atoms with E-state index >= 15 is 0 Å². The lowest BCUT2D eigenvalue weighted by molar-refractivity contribution is -0.121. The van der Waals surface area contributed by atoms with Crippen molar-refractivity contribution in [3.63, 3.8) is 0 Å². The molecule has 1 N–H and O–H groups in total. The Balaban J connectivity index is 2.07. The Hall–Kier alpha value is -1.02. The molecule has 1 aromatic heterocycles. The molecule has 112 valence electrons. The van der Waals surface area contributed by atoms with Gasteiger partial charge in [0.25, 0.3) is 0 Å². The number of nitrogens with zero attached hydrogens (tertiary/aromatic N) is 2. The van der Waals surface area contributed by atoms with Crippen LogP contribution in [0.15, 0.2) is 17.3 Å². The van der Waals surface area contributed by atoms with Crippen LogP contribution >= 0.6 is 12.6 Å². The van der Waals surface area contributed by atoms with Crippen molar-refractivity contribution in [3.8, 4) is 0 Å². The van der Waals surface area contributed by atoms with Gasteiger partial charge in [0.05, 0.1) is 16.8 Å². The van der Waals surface area contributed by atoms with Crippen LogP contribution in [-0.4, -0.2) is 34.7 Å². The Morgan fingerprint density at radius 2 is 2.20 bits per heavy atom. The molecule has 0 spiro atoms. The van der Waals surface area contributed by atoms with Crippen LogP contribution in [0.5, 0.6) is 0 Å². The van der Waals surface area contributed by atoms with E-state index in [0.717, 1.165) is 12.8 Å². The lowest BCUT2D eigenvalue weighted by atomic mass is 10.4. The van der Waals surface area contributed by atoms with E-state index in [9.17, 15) is 13.2 Å². The number of nitrogens with one attached hydrogen (secondary N) is 1. The molecule has 1 amide bonds. The van der Waals surface area contributed by atoms with E-state index in [0.29, 0.717) is 12.8 Å². The maximum absolute atomic E-state index is 12.3. The normalized spacial score (nSPS) is 18.1. The maximum atomic E-state index is 12.3. The average Bonchev–Trinajstić information content (AvgIpc) is 2.97. The number of sulfone groups is 1. The zero-order chi connectivity index (χ0) is 14.8. The van der Waals surface area contributed by atoms with E-state index in [1.807, 2.05) is 0 Å². The Bertz CT molecular complexity index is 575. The average molecular weight is 317 g/mol. The van der Waals surface area contributed by atoms with Crippen molar-refractivity contribution < 1.29 is 13.2 Å². The number of aromatic nitrogens is 2. The van der Waals surface area contributed by atoms with Crippen molar-refractivity contribution in [2.24, 2.45) is 0 Å². The van der Waals surface area contributed by atoms with Crippen LogP contribution < -0.4 is 5.32 Å². The Labute approximate surface area is 124 Å².